The summed E-state index contributed by atoms with van der Waals surface area (Å²) in [6, 6.07) is 7.95. The normalized spacial score (nSPS) is 12.9. The van der Waals surface area contributed by atoms with E-state index in [9.17, 15) is 9.90 Å². The van der Waals surface area contributed by atoms with Gasteiger partial charge in [-0.3, -0.25) is 4.79 Å². The van der Waals surface area contributed by atoms with E-state index in [1.165, 1.54) is 0 Å². The zero-order chi connectivity index (χ0) is 14.2. The first-order valence-corrected chi connectivity index (χ1v) is 6.37. The van der Waals surface area contributed by atoms with Crippen molar-refractivity contribution in [1.82, 2.24) is 4.57 Å². The fraction of sp³-hybridized carbons (Fsp3) is 0.400. The molecule has 1 unspecified atom stereocenters. The maximum Gasteiger partial charge on any atom is 0.312 e. The van der Waals surface area contributed by atoms with Crippen molar-refractivity contribution in [2.24, 2.45) is 0 Å². The van der Waals surface area contributed by atoms with E-state index in [4.69, 9.17) is 4.74 Å². The highest BCUT2D eigenvalue weighted by molar-refractivity contribution is 5.85. The quantitative estimate of drug-likeness (QED) is 0.917. The highest BCUT2D eigenvalue weighted by atomic mass is 16.5. The largest absolute Gasteiger partial charge is 0.497 e. The van der Waals surface area contributed by atoms with Crippen LogP contribution in [0.3, 0.4) is 0 Å². The molecule has 4 nitrogen and oxygen atoms in total. The lowest BCUT2D eigenvalue weighted by Gasteiger charge is -2.17. The van der Waals surface area contributed by atoms with Gasteiger partial charge in [0.1, 0.15) is 5.75 Å². The van der Waals surface area contributed by atoms with E-state index in [2.05, 4.69) is 18.4 Å². The molecular formula is C15H19NO3. The summed E-state index contributed by atoms with van der Waals surface area (Å²) in [4.78, 5) is 11.2. The van der Waals surface area contributed by atoms with Gasteiger partial charge in [0.05, 0.1) is 18.5 Å². The molecule has 2 aromatic rings. The van der Waals surface area contributed by atoms with Gasteiger partial charge in [-0.15, -0.1) is 0 Å². The van der Waals surface area contributed by atoms with E-state index < -0.39 is 11.9 Å². The van der Waals surface area contributed by atoms with Crippen molar-refractivity contribution in [1.29, 1.82) is 0 Å². The Morgan fingerprint density at radius 1 is 1.26 bits per heavy atom. The number of ether oxygens (including phenoxy) is 1. The molecular weight excluding hydrogens is 242 g/mol. The van der Waals surface area contributed by atoms with Crippen LogP contribution in [0, 0.1) is 0 Å². The molecule has 2 rings (SSSR count). The van der Waals surface area contributed by atoms with Gasteiger partial charge in [0.15, 0.2) is 0 Å². The third-order valence-corrected chi connectivity index (χ3v) is 3.41. The standard InChI is InChI=1S/C15H19NO3/c1-9(2)16-13(10(3)15(17)18)7-11-5-6-12(19-4)8-14(11)16/h5-10H,1-4H3,(H,17,18). The van der Waals surface area contributed by atoms with Crippen LogP contribution in [0.5, 0.6) is 5.75 Å². The van der Waals surface area contributed by atoms with E-state index in [-0.39, 0.29) is 6.04 Å². The molecule has 19 heavy (non-hydrogen) atoms. The van der Waals surface area contributed by atoms with Crippen LogP contribution in [0.4, 0.5) is 0 Å². The van der Waals surface area contributed by atoms with Gasteiger partial charge in [-0.1, -0.05) is 0 Å². The van der Waals surface area contributed by atoms with Crippen LogP contribution in [-0.2, 0) is 4.79 Å². The number of aliphatic carboxylic acids is 1. The summed E-state index contributed by atoms with van der Waals surface area (Å²) in [7, 11) is 1.63. The van der Waals surface area contributed by atoms with Crippen molar-refractivity contribution in [2.45, 2.75) is 32.7 Å². The number of methoxy groups -OCH3 is 1. The number of hydrogen-bond acceptors (Lipinski definition) is 2. The number of rotatable bonds is 4. The number of carboxylic acids is 1. The minimum Gasteiger partial charge on any atom is -0.497 e. The summed E-state index contributed by atoms with van der Waals surface area (Å²) in [5.74, 6) is -0.556. The van der Waals surface area contributed by atoms with Gasteiger partial charge in [-0.2, -0.15) is 0 Å². The molecule has 1 atom stereocenters. The molecule has 1 N–H and O–H groups in total. The number of benzene rings is 1. The lowest BCUT2D eigenvalue weighted by atomic mass is 10.1. The SMILES string of the molecule is COc1ccc2cc(C(C)C(=O)O)n(C(C)C)c2c1. The zero-order valence-electron chi connectivity index (χ0n) is 11.7. The Hall–Kier alpha value is -1.97. The molecule has 0 saturated carbocycles. The van der Waals surface area contributed by atoms with E-state index in [0.29, 0.717) is 0 Å². The number of aromatic nitrogens is 1. The van der Waals surface area contributed by atoms with Gasteiger partial charge in [-0.25, -0.2) is 0 Å². The van der Waals surface area contributed by atoms with E-state index in [0.717, 1.165) is 22.3 Å². The summed E-state index contributed by atoms with van der Waals surface area (Å²) >= 11 is 0. The Kier molecular flexibility index (Phi) is 3.51. The molecule has 1 aromatic heterocycles. The molecule has 0 saturated heterocycles. The Morgan fingerprint density at radius 2 is 1.95 bits per heavy atom. The van der Waals surface area contributed by atoms with Crippen molar-refractivity contribution in [3.8, 4) is 5.75 Å². The molecule has 0 bridgehead atoms. The van der Waals surface area contributed by atoms with Crippen molar-refractivity contribution in [3.63, 3.8) is 0 Å². The maximum absolute atomic E-state index is 11.2. The summed E-state index contributed by atoms with van der Waals surface area (Å²) in [5.41, 5.74) is 1.84. The molecule has 0 aliphatic carbocycles. The van der Waals surface area contributed by atoms with Gasteiger partial charge in [-0.05, 0) is 39.0 Å². The average Bonchev–Trinajstić information content (AvgIpc) is 2.75. The van der Waals surface area contributed by atoms with Crippen LogP contribution in [0.25, 0.3) is 10.9 Å². The predicted octanol–water partition coefficient (Wildman–Crippen LogP) is 3.42. The third-order valence-electron chi connectivity index (χ3n) is 3.41. The summed E-state index contributed by atoms with van der Waals surface area (Å²) in [5, 5.41) is 10.3. The van der Waals surface area contributed by atoms with Gasteiger partial charge in [0, 0.05) is 23.2 Å². The highest BCUT2D eigenvalue weighted by Gasteiger charge is 2.21. The second kappa shape index (κ2) is 4.96. The molecule has 0 aliphatic rings. The minimum absolute atomic E-state index is 0.196. The Balaban J connectivity index is 2.70. The molecule has 0 aliphatic heterocycles. The van der Waals surface area contributed by atoms with E-state index in [1.54, 1.807) is 14.0 Å². The second-order valence-electron chi connectivity index (χ2n) is 5.02. The lowest BCUT2D eigenvalue weighted by molar-refractivity contribution is -0.138. The number of hydrogen-bond donors (Lipinski definition) is 1. The van der Waals surface area contributed by atoms with Crippen molar-refractivity contribution in [2.75, 3.05) is 7.11 Å². The Labute approximate surface area is 112 Å². The predicted molar refractivity (Wildman–Crippen MR) is 74.9 cm³/mol. The second-order valence-corrected chi connectivity index (χ2v) is 5.02. The van der Waals surface area contributed by atoms with Crippen molar-refractivity contribution >= 4 is 16.9 Å². The fourth-order valence-electron chi connectivity index (χ4n) is 2.39. The summed E-state index contributed by atoms with van der Waals surface area (Å²) in [6.07, 6.45) is 0. The van der Waals surface area contributed by atoms with Crippen molar-refractivity contribution in [3.05, 3.63) is 30.0 Å². The molecule has 0 radical (unpaired) electrons. The summed E-state index contributed by atoms with van der Waals surface area (Å²) < 4.78 is 7.31. The fourth-order valence-corrected chi connectivity index (χ4v) is 2.39. The number of nitrogens with zero attached hydrogens (tertiary/aromatic N) is 1. The van der Waals surface area contributed by atoms with Crippen LogP contribution in [0.1, 0.15) is 38.4 Å². The molecule has 102 valence electrons. The first-order valence-electron chi connectivity index (χ1n) is 6.37. The summed E-state index contributed by atoms with van der Waals surface area (Å²) in [6.45, 7) is 5.82. The molecule has 4 heteroatoms. The van der Waals surface area contributed by atoms with Crippen LogP contribution < -0.4 is 4.74 Å². The van der Waals surface area contributed by atoms with Gasteiger partial charge >= 0.3 is 5.97 Å². The molecule has 1 heterocycles. The first-order chi connectivity index (χ1) is 8.95. The monoisotopic (exact) mass is 261 g/mol. The van der Waals surface area contributed by atoms with Crippen molar-refractivity contribution < 1.29 is 14.6 Å². The van der Waals surface area contributed by atoms with Gasteiger partial charge < -0.3 is 14.4 Å². The molecule has 0 fully saturated rings. The number of fused-ring (bicyclic) bond motifs is 1. The van der Waals surface area contributed by atoms with Crippen LogP contribution in [0.15, 0.2) is 24.3 Å². The van der Waals surface area contributed by atoms with Crippen LogP contribution >= 0.6 is 0 Å². The highest BCUT2D eigenvalue weighted by Crippen LogP contribution is 2.31. The maximum atomic E-state index is 11.2. The van der Waals surface area contributed by atoms with Crippen LogP contribution in [-0.4, -0.2) is 22.8 Å². The Morgan fingerprint density at radius 3 is 2.47 bits per heavy atom. The smallest absolute Gasteiger partial charge is 0.312 e. The Bertz CT molecular complexity index is 613. The van der Waals surface area contributed by atoms with E-state index >= 15 is 0 Å². The topological polar surface area (TPSA) is 51.5 Å². The molecule has 0 amide bonds. The third kappa shape index (κ3) is 2.30. The molecule has 1 aromatic carbocycles. The van der Waals surface area contributed by atoms with Gasteiger partial charge in [0.25, 0.3) is 0 Å². The molecule has 0 spiro atoms. The van der Waals surface area contributed by atoms with Gasteiger partial charge in [0.2, 0.25) is 0 Å². The zero-order valence-corrected chi connectivity index (χ0v) is 11.7. The van der Waals surface area contributed by atoms with Crippen LogP contribution in [0.2, 0.25) is 0 Å². The lowest BCUT2D eigenvalue weighted by Crippen LogP contribution is -2.14. The number of carbonyl (C=O) groups is 1. The van der Waals surface area contributed by atoms with E-state index in [1.807, 2.05) is 24.3 Å². The number of carboxylic acid groups (broad SMARTS) is 1. The average molecular weight is 261 g/mol. The minimum atomic E-state index is -0.809. The first kappa shape index (κ1) is 13.5.